The van der Waals surface area contributed by atoms with Crippen LogP contribution in [0.25, 0.3) is 0 Å². The van der Waals surface area contributed by atoms with Gasteiger partial charge in [-0.05, 0) is 12.1 Å². The smallest absolute Gasteiger partial charge is 0.357 e. The number of nitrogens with zero attached hydrogens (tertiary/aromatic N) is 2. The molecule has 1 aromatic heterocycles. The molecule has 7 nitrogen and oxygen atoms in total. The molecule has 0 aliphatic carbocycles. The van der Waals surface area contributed by atoms with Gasteiger partial charge in [0.2, 0.25) is 0 Å². The third-order valence-electron chi connectivity index (χ3n) is 3.32. The monoisotopic (exact) mass is 417 g/mol. The lowest BCUT2D eigenvalue weighted by molar-refractivity contribution is 0.0594. The fourth-order valence-corrected chi connectivity index (χ4v) is 3.12. The molecule has 0 radical (unpaired) electrons. The predicted octanol–water partition coefficient (Wildman–Crippen LogP) is 3.92. The molecule has 2 rings (SSSR count). The largest absolute Gasteiger partial charge is 0.464 e. The molecule has 0 saturated heterocycles. The van der Waals surface area contributed by atoms with Crippen LogP contribution in [0, 0.1) is 0 Å². The average molecular weight is 418 g/mol. The lowest BCUT2D eigenvalue weighted by Crippen LogP contribution is -2.37. The van der Waals surface area contributed by atoms with Gasteiger partial charge in [0.15, 0.2) is 5.69 Å². The van der Waals surface area contributed by atoms with Gasteiger partial charge in [-0.3, -0.25) is 0 Å². The van der Waals surface area contributed by atoms with Crippen LogP contribution >= 0.6 is 34.5 Å². The van der Waals surface area contributed by atoms with Crippen LogP contribution in [-0.2, 0) is 16.0 Å². The maximum Gasteiger partial charge on any atom is 0.357 e. The van der Waals surface area contributed by atoms with Crippen molar-refractivity contribution in [1.29, 1.82) is 0 Å². The Labute approximate surface area is 164 Å². The molecule has 0 aliphatic heterocycles. The van der Waals surface area contributed by atoms with Crippen molar-refractivity contribution < 1.29 is 19.1 Å². The Kier molecular flexibility index (Phi) is 7.65. The van der Waals surface area contributed by atoms with E-state index < -0.39 is 5.97 Å². The summed E-state index contributed by atoms with van der Waals surface area (Å²) in [7, 11) is 2.83. The summed E-state index contributed by atoms with van der Waals surface area (Å²) in [5.41, 5.74) is 0.610. The van der Waals surface area contributed by atoms with E-state index in [-0.39, 0.29) is 23.3 Å². The minimum absolute atomic E-state index is 0.203. The number of halogens is 2. The number of urea groups is 1. The molecule has 1 heterocycles. The number of methoxy groups -OCH3 is 2. The highest BCUT2D eigenvalue weighted by atomic mass is 35.5. The number of hydrogen-bond donors (Lipinski definition) is 1. The Morgan fingerprint density at radius 1 is 1.31 bits per heavy atom. The first-order valence-corrected chi connectivity index (χ1v) is 9.11. The second-order valence-electron chi connectivity index (χ2n) is 5.06. The minimum atomic E-state index is -0.522. The molecule has 0 bridgehead atoms. The van der Waals surface area contributed by atoms with Crippen LogP contribution in [0.3, 0.4) is 0 Å². The topological polar surface area (TPSA) is 80.8 Å². The van der Waals surface area contributed by atoms with Gasteiger partial charge in [-0.2, -0.15) is 0 Å². The number of rotatable bonds is 7. The molecule has 10 heteroatoms. The summed E-state index contributed by atoms with van der Waals surface area (Å²) in [4.78, 5) is 29.8. The first-order chi connectivity index (χ1) is 12.5. The maximum atomic E-state index is 12.6. The lowest BCUT2D eigenvalue weighted by Gasteiger charge is -2.22. The van der Waals surface area contributed by atoms with Crippen molar-refractivity contribution in [2.45, 2.75) is 6.54 Å². The summed E-state index contributed by atoms with van der Waals surface area (Å²) in [6, 6.07) is 4.58. The molecular formula is C16H17Cl2N3O4S. The van der Waals surface area contributed by atoms with Crippen molar-refractivity contribution in [1.82, 2.24) is 9.88 Å². The van der Waals surface area contributed by atoms with E-state index in [4.69, 9.17) is 27.9 Å². The molecule has 0 fully saturated rings. The van der Waals surface area contributed by atoms with Crippen LogP contribution in [0.5, 0.6) is 0 Å². The van der Waals surface area contributed by atoms with Crippen molar-refractivity contribution in [3.8, 4) is 0 Å². The molecular weight excluding hydrogens is 401 g/mol. The summed E-state index contributed by atoms with van der Waals surface area (Å²) >= 11 is 13.3. The van der Waals surface area contributed by atoms with Crippen LogP contribution in [0.2, 0.25) is 10.0 Å². The van der Waals surface area contributed by atoms with Crippen molar-refractivity contribution in [3.05, 3.63) is 44.3 Å². The van der Waals surface area contributed by atoms with E-state index in [0.717, 1.165) is 0 Å². The number of hydrogen-bond acceptors (Lipinski definition) is 6. The standard InChI is InChI=1S/C16H17Cl2N3O4S/c1-24-7-6-21(8-13-19-12(9-26-13)15(22)25-2)16(23)20-11-5-3-4-10(17)14(11)18/h3-5,9H,6-8H2,1-2H3,(H,20,23). The Hall–Kier alpha value is -1.87. The summed E-state index contributed by atoms with van der Waals surface area (Å²) in [6.45, 7) is 0.870. The van der Waals surface area contributed by atoms with Gasteiger partial charge in [-0.1, -0.05) is 29.3 Å². The number of benzene rings is 1. The highest BCUT2D eigenvalue weighted by molar-refractivity contribution is 7.09. The van der Waals surface area contributed by atoms with Crippen LogP contribution in [0.15, 0.2) is 23.6 Å². The number of ether oxygens (including phenoxy) is 2. The highest BCUT2D eigenvalue weighted by Gasteiger charge is 2.19. The Morgan fingerprint density at radius 3 is 2.77 bits per heavy atom. The maximum absolute atomic E-state index is 12.6. The average Bonchev–Trinajstić information content (AvgIpc) is 3.10. The molecule has 0 saturated carbocycles. The Bertz CT molecular complexity index is 785. The third kappa shape index (κ3) is 5.31. The first kappa shape index (κ1) is 20.4. The number of esters is 1. The Morgan fingerprint density at radius 2 is 2.08 bits per heavy atom. The van der Waals surface area contributed by atoms with Crippen LogP contribution < -0.4 is 5.32 Å². The van der Waals surface area contributed by atoms with Gasteiger partial charge >= 0.3 is 12.0 Å². The molecule has 0 atom stereocenters. The molecule has 2 aromatic rings. The highest BCUT2D eigenvalue weighted by Crippen LogP contribution is 2.29. The van der Waals surface area contributed by atoms with E-state index in [0.29, 0.717) is 28.9 Å². The van der Waals surface area contributed by atoms with Crippen LogP contribution in [0.4, 0.5) is 10.5 Å². The van der Waals surface area contributed by atoms with Gasteiger partial charge < -0.3 is 19.7 Å². The van der Waals surface area contributed by atoms with Crippen molar-refractivity contribution in [2.75, 3.05) is 32.7 Å². The number of anilines is 1. The molecule has 0 spiro atoms. The minimum Gasteiger partial charge on any atom is -0.464 e. The van der Waals surface area contributed by atoms with Crippen molar-refractivity contribution in [2.24, 2.45) is 0 Å². The molecule has 0 unspecified atom stereocenters. The fourth-order valence-electron chi connectivity index (χ4n) is 1.99. The SMILES string of the molecule is COCCN(Cc1nc(C(=O)OC)cs1)C(=O)Nc1cccc(Cl)c1Cl. The van der Waals surface area contributed by atoms with Gasteiger partial charge in [-0.25, -0.2) is 14.6 Å². The predicted molar refractivity (Wildman–Crippen MR) is 101 cm³/mol. The Balaban J connectivity index is 2.12. The summed E-state index contributed by atoms with van der Waals surface area (Å²) in [5.74, 6) is -0.522. The van der Waals surface area contributed by atoms with Gasteiger partial charge in [0.25, 0.3) is 0 Å². The van der Waals surface area contributed by atoms with Crippen molar-refractivity contribution in [3.63, 3.8) is 0 Å². The van der Waals surface area contributed by atoms with E-state index in [9.17, 15) is 9.59 Å². The number of aromatic nitrogens is 1. The molecule has 0 aliphatic rings. The zero-order valence-electron chi connectivity index (χ0n) is 14.1. The van der Waals surface area contributed by atoms with Gasteiger partial charge in [0, 0.05) is 19.0 Å². The number of amides is 2. The lowest BCUT2D eigenvalue weighted by atomic mass is 10.3. The zero-order chi connectivity index (χ0) is 19.1. The first-order valence-electron chi connectivity index (χ1n) is 7.47. The number of nitrogens with one attached hydrogen (secondary N) is 1. The molecule has 1 N–H and O–H groups in total. The second-order valence-corrected chi connectivity index (χ2v) is 6.79. The normalized spacial score (nSPS) is 10.5. The number of carbonyl (C=O) groups is 2. The third-order valence-corrected chi connectivity index (χ3v) is 4.97. The van der Waals surface area contributed by atoms with E-state index in [2.05, 4.69) is 15.0 Å². The number of thiazole rings is 1. The van der Waals surface area contributed by atoms with Crippen LogP contribution in [-0.4, -0.2) is 49.3 Å². The fraction of sp³-hybridized carbons (Fsp3) is 0.312. The molecule has 2 amide bonds. The van der Waals surface area contributed by atoms with E-state index in [1.54, 1.807) is 30.7 Å². The summed E-state index contributed by atoms with van der Waals surface area (Å²) in [5, 5.41) is 5.50. The van der Waals surface area contributed by atoms with Crippen molar-refractivity contribution >= 4 is 52.2 Å². The molecule has 140 valence electrons. The van der Waals surface area contributed by atoms with Gasteiger partial charge in [-0.15, -0.1) is 11.3 Å². The number of carbonyl (C=O) groups excluding carboxylic acids is 2. The quantitative estimate of drug-likeness (QED) is 0.690. The van der Waals surface area contributed by atoms with E-state index in [1.807, 2.05) is 0 Å². The van der Waals surface area contributed by atoms with E-state index >= 15 is 0 Å². The van der Waals surface area contributed by atoms with Crippen LogP contribution in [0.1, 0.15) is 15.5 Å². The summed E-state index contributed by atoms with van der Waals surface area (Å²) < 4.78 is 9.69. The van der Waals surface area contributed by atoms with Gasteiger partial charge in [0.05, 0.1) is 36.0 Å². The van der Waals surface area contributed by atoms with E-state index in [1.165, 1.54) is 23.3 Å². The molecule has 26 heavy (non-hydrogen) atoms. The second kappa shape index (κ2) is 9.72. The molecule has 1 aromatic carbocycles. The zero-order valence-corrected chi connectivity index (χ0v) is 16.5. The van der Waals surface area contributed by atoms with Gasteiger partial charge in [0.1, 0.15) is 5.01 Å². The summed E-state index contributed by atoms with van der Waals surface area (Å²) in [6.07, 6.45) is 0.